The highest BCUT2D eigenvalue weighted by molar-refractivity contribution is 6.12. The van der Waals surface area contributed by atoms with E-state index >= 15 is 0 Å². The number of nitrogens with zero attached hydrogens (tertiary/aromatic N) is 3. The lowest BCUT2D eigenvalue weighted by Gasteiger charge is -2.11. The number of aromatic nitrogens is 4. The van der Waals surface area contributed by atoms with E-state index in [2.05, 4.69) is 15.4 Å². The molecule has 0 saturated heterocycles. The van der Waals surface area contributed by atoms with E-state index in [0.29, 0.717) is 34.8 Å². The summed E-state index contributed by atoms with van der Waals surface area (Å²) < 4.78 is 46.0. The van der Waals surface area contributed by atoms with Crippen molar-refractivity contribution in [1.82, 2.24) is 19.7 Å². The van der Waals surface area contributed by atoms with Crippen molar-refractivity contribution < 1.29 is 22.4 Å². The number of halogens is 3. The molecule has 8 nitrogen and oxygen atoms in total. The molecule has 4 heterocycles. The highest BCUT2D eigenvalue weighted by Gasteiger charge is 2.31. The van der Waals surface area contributed by atoms with E-state index in [4.69, 9.17) is 4.42 Å². The minimum absolute atomic E-state index is 0.0703. The molecule has 0 radical (unpaired) electrons. The summed E-state index contributed by atoms with van der Waals surface area (Å²) >= 11 is 0. The van der Waals surface area contributed by atoms with Crippen LogP contribution in [-0.2, 0) is 6.18 Å². The number of carbonyl (C=O) groups excluding carboxylic acids is 1. The zero-order valence-corrected chi connectivity index (χ0v) is 16.3. The smallest absolute Gasteiger partial charge is 0.417 e. The van der Waals surface area contributed by atoms with Crippen LogP contribution in [0.1, 0.15) is 35.8 Å². The van der Waals surface area contributed by atoms with Gasteiger partial charge in [-0.1, -0.05) is 0 Å². The topological polar surface area (TPSA) is 106 Å². The molecule has 0 spiro atoms. The fourth-order valence-electron chi connectivity index (χ4n) is 3.06. The van der Waals surface area contributed by atoms with E-state index in [1.54, 1.807) is 16.8 Å². The van der Waals surface area contributed by atoms with E-state index < -0.39 is 28.9 Å². The number of aromatic amines is 1. The monoisotopic (exact) mass is 431 g/mol. The SMILES string of the molecule is CC(C)n1ncc2c(C(=O)Nc3cc(C(F)(F)F)c[nH]c3=O)cc(-c3ccco3)nc21. The summed E-state index contributed by atoms with van der Waals surface area (Å²) in [6, 6.07) is 5.26. The van der Waals surface area contributed by atoms with Gasteiger partial charge in [-0.25, -0.2) is 9.67 Å². The Balaban J connectivity index is 1.82. The predicted octanol–water partition coefficient (Wildman–Crippen LogP) is 4.23. The van der Waals surface area contributed by atoms with E-state index in [1.165, 1.54) is 18.5 Å². The van der Waals surface area contributed by atoms with Gasteiger partial charge in [0.05, 0.1) is 29.0 Å². The van der Waals surface area contributed by atoms with Gasteiger partial charge in [0.1, 0.15) is 11.4 Å². The Kier molecular flexibility index (Phi) is 4.88. The third-order valence-corrected chi connectivity index (χ3v) is 4.55. The molecule has 31 heavy (non-hydrogen) atoms. The van der Waals surface area contributed by atoms with Crippen LogP contribution in [0.5, 0.6) is 0 Å². The number of furan rings is 1. The van der Waals surface area contributed by atoms with Crippen LogP contribution in [-0.4, -0.2) is 25.7 Å². The predicted molar refractivity (Wildman–Crippen MR) is 106 cm³/mol. The molecule has 11 heteroatoms. The highest BCUT2D eigenvalue weighted by Crippen LogP contribution is 2.30. The highest BCUT2D eigenvalue weighted by atomic mass is 19.4. The van der Waals surface area contributed by atoms with Gasteiger partial charge in [-0.3, -0.25) is 9.59 Å². The van der Waals surface area contributed by atoms with Crippen LogP contribution in [0.3, 0.4) is 0 Å². The number of amides is 1. The van der Waals surface area contributed by atoms with E-state index in [1.807, 2.05) is 18.8 Å². The first-order chi connectivity index (χ1) is 14.6. The number of anilines is 1. The van der Waals surface area contributed by atoms with Crippen LogP contribution in [0, 0.1) is 0 Å². The fourth-order valence-corrected chi connectivity index (χ4v) is 3.06. The molecule has 0 saturated carbocycles. The molecule has 0 aliphatic heterocycles. The van der Waals surface area contributed by atoms with Crippen molar-refractivity contribution in [3.05, 3.63) is 64.4 Å². The maximum absolute atomic E-state index is 13.0. The summed E-state index contributed by atoms with van der Waals surface area (Å²) in [5, 5.41) is 6.90. The molecule has 1 amide bonds. The van der Waals surface area contributed by atoms with Gasteiger partial charge in [-0.2, -0.15) is 18.3 Å². The van der Waals surface area contributed by atoms with Gasteiger partial charge >= 0.3 is 6.18 Å². The van der Waals surface area contributed by atoms with Crippen LogP contribution >= 0.6 is 0 Å². The summed E-state index contributed by atoms with van der Waals surface area (Å²) in [6.07, 6.45) is -1.24. The Morgan fingerprint density at radius 3 is 2.71 bits per heavy atom. The molecule has 0 aliphatic rings. The zero-order chi connectivity index (χ0) is 22.3. The van der Waals surface area contributed by atoms with Crippen molar-refractivity contribution in [1.29, 1.82) is 0 Å². The van der Waals surface area contributed by atoms with Crippen molar-refractivity contribution in [3.8, 4) is 11.5 Å². The second-order valence-electron chi connectivity index (χ2n) is 7.04. The molecular formula is C20H16F3N5O3. The van der Waals surface area contributed by atoms with Gasteiger partial charge in [0.15, 0.2) is 11.4 Å². The quantitative estimate of drug-likeness (QED) is 0.503. The lowest BCUT2D eigenvalue weighted by molar-refractivity contribution is -0.137. The maximum atomic E-state index is 13.0. The minimum atomic E-state index is -4.68. The van der Waals surface area contributed by atoms with Crippen molar-refractivity contribution in [2.24, 2.45) is 0 Å². The second-order valence-corrected chi connectivity index (χ2v) is 7.04. The molecule has 4 rings (SSSR count). The molecule has 0 bridgehead atoms. The molecule has 0 fully saturated rings. The number of fused-ring (bicyclic) bond motifs is 1. The average Bonchev–Trinajstić information content (AvgIpc) is 3.37. The fraction of sp³-hybridized carbons (Fsp3) is 0.200. The van der Waals surface area contributed by atoms with Crippen LogP contribution < -0.4 is 10.9 Å². The number of alkyl halides is 3. The van der Waals surface area contributed by atoms with Gasteiger partial charge in [0.2, 0.25) is 0 Å². The van der Waals surface area contributed by atoms with Crippen LogP contribution in [0.25, 0.3) is 22.5 Å². The number of rotatable bonds is 4. The molecule has 4 aromatic rings. The van der Waals surface area contributed by atoms with Crippen LogP contribution in [0.4, 0.5) is 18.9 Å². The molecule has 0 unspecified atom stereocenters. The summed E-state index contributed by atoms with van der Waals surface area (Å²) in [7, 11) is 0. The van der Waals surface area contributed by atoms with E-state index in [-0.39, 0.29) is 11.6 Å². The van der Waals surface area contributed by atoms with E-state index in [9.17, 15) is 22.8 Å². The first kappa shape index (κ1) is 20.4. The normalized spacial score (nSPS) is 11.9. The molecule has 0 atom stereocenters. The van der Waals surface area contributed by atoms with Crippen molar-refractivity contribution >= 4 is 22.6 Å². The average molecular weight is 431 g/mol. The largest absolute Gasteiger partial charge is 0.463 e. The zero-order valence-electron chi connectivity index (χ0n) is 16.3. The van der Waals surface area contributed by atoms with Crippen LogP contribution in [0.2, 0.25) is 0 Å². The van der Waals surface area contributed by atoms with Crippen LogP contribution in [0.15, 0.2) is 52.1 Å². The molecule has 0 aromatic carbocycles. The molecular weight excluding hydrogens is 415 g/mol. The Morgan fingerprint density at radius 1 is 1.29 bits per heavy atom. The Labute approximate surface area is 172 Å². The van der Waals surface area contributed by atoms with Crippen molar-refractivity contribution in [2.75, 3.05) is 5.32 Å². The van der Waals surface area contributed by atoms with Gasteiger partial charge in [-0.05, 0) is 38.1 Å². The molecule has 160 valence electrons. The standard InChI is InChI=1S/C20H16F3N5O3/c1-10(2)28-17-13(9-25-28)12(7-14(26-17)16-4-3-5-31-16)18(29)27-15-6-11(20(21,22)23)8-24-19(15)30/h3-10H,1-2H3,(H,24,30)(H,27,29). The number of hydrogen-bond donors (Lipinski definition) is 2. The number of hydrogen-bond acceptors (Lipinski definition) is 5. The maximum Gasteiger partial charge on any atom is 0.417 e. The van der Waals surface area contributed by atoms with Gasteiger partial charge in [0, 0.05) is 12.2 Å². The summed E-state index contributed by atoms with van der Waals surface area (Å²) in [5.41, 5.74) is -1.67. The number of carbonyl (C=O) groups is 1. The third kappa shape index (κ3) is 3.81. The lowest BCUT2D eigenvalue weighted by Crippen LogP contribution is -2.22. The third-order valence-electron chi connectivity index (χ3n) is 4.55. The number of pyridine rings is 2. The second kappa shape index (κ2) is 7.42. The summed E-state index contributed by atoms with van der Waals surface area (Å²) in [4.78, 5) is 31.5. The first-order valence-electron chi connectivity index (χ1n) is 9.18. The summed E-state index contributed by atoms with van der Waals surface area (Å²) in [5.74, 6) is -0.391. The lowest BCUT2D eigenvalue weighted by atomic mass is 10.1. The minimum Gasteiger partial charge on any atom is -0.463 e. The first-order valence-corrected chi connectivity index (χ1v) is 9.18. The van der Waals surface area contributed by atoms with Crippen molar-refractivity contribution in [2.45, 2.75) is 26.1 Å². The molecule has 0 aliphatic carbocycles. The summed E-state index contributed by atoms with van der Waals surface area (Å²) in [6.45, 7) is 3.77. The Hall–Kier alpha value is -3.89. The Bertz CT molecular complexity index is 1320. The number of H-pyrrole nitrogens is 1. The van der Waals surface area contributed by atoms with Crippen molar-refractivity contribution in [3.63, 3.8) is 0 Å². The molecule has 4 aromatic heterocycles. The van der Waals surface area contributed by atoms with Gasteiger partial charge in [-0.15, -0.1) is 0 Å². The molecule has 2 N–H and O–H groups in total. The number of nitrogens with one attached hydrogen (secondary N) is 2. The van der Waals surface area contributed by atoms with Gasteiger partial charge in [0.25, 0.3) is 11.5 Å². The Morgan fingerprint density at radius 2 is 2.06 bits per heavy atom. The van der Waals surface area contributed by atoms with Gasteiger partial charge < -0.3 is 14.7 Å². The van der Waals surface area contributed by atoms with E-state index in [0.717, 1.165) is 0 Å².